The summed E-state index contributed by atoms with van der Waals surface area (Å²) in [6.07, 6.45) is 0.974. The van der Waals surface area contributed by atoms with Crippen molar-refractivity contribution in [1.29, 1.82) is 0 Å². The summed E-state index contributed by atoms with van der Waals surface area (Å²) in [5.74, 6) is 0. The molecular weight excluding hydrogens is 158 g/mol. The maximum absolute atomic E-state index is 4.03. The van der Waals surface area contributed by atoms with E-state index >= 15 is 0 Å². The molecule has 0 amide bonds. The highest BCUT2D eigenvalue weighted by Gasteiger charge is 2.04. The lowest BCUT2D eigenvalue weighted by Crippen LogP contribution is -2.23. The van der Waals surface area contributed by atoms with E-state index in [2.05, 4.69) is 22.4 Å². The number of nitrogens with one attached hydrogen (secondary N) is 1. The van der Waals surface area contributed by atoms with Gasteiger partial charge >= 0.3 is 0 Å². The SMILES string of the molecule is CNC(C)Cc1nnc(C)s1. The van der Waals surface area contributed by atoms with E-state index in [9.17, 15) is 0 Å². The summed E-state index contributed by atoms with van der Waals surface area (Å²) in [5.41, 5.74) is 0. The van der Waals surface area contributed by atoms with Crippen molar-refractivity contribution >= 4 is 11.3 Å². The van der Waals surface area contributed by atoms with Crippen molar-refractivity contribution in [3.63, 3.8) is 0 Å². The number of aryl methyl sites for hydroxylation is 1. The Kier molecular flexibility index (Phi) is 2.96. The molecule has 1 unspecified atom stereocenters. The van der Waals surface area contributed by atoms with Crippen molar-refractivity contribution in [3.8, 4) is 0 Å². The molecule has 62 valence electrons. The zero-order chi connectivity index (χ0) is 8.27. The predicted octanol–water partition coefficient (Wildman–Crippen LogP) is 0.997. The van der Waals surface area contributed by atoms with E-state index in [-0.39, 0.29) is 0 Å². The van der Waals surface area contributed by atoms with E-state index in [0.29, 0.717) is 6.04 Å². The summed E-state index contributed by atoms with van der Waals surface area (Å²) < 4.78 is 0. The average molecular weight is 171 g/mol. The van der Waals surface area contributed by atoms with Gasteiger partial charge in [0.05, 0.1) is 0 Å². The van der Waals surface area contributed by atoms with Crippen molar-refractivity contribution < 1.29 is 0 Å². The van der Waals surface area contributed by atoms with Gasteiger partial charge in [-0.15, -0.1) is 21.5 Å². The van der Waals surface area contributed by atoms with Gasteiger partial charge in [-0.2, -0.15) is 0 Å². The summed E-state index contributed by atoms with van der Waals surface area (Å²) in [7, 11) is 1.96. The molecule has 0 fully saturated rings. The molecule has 0 aromatic carbocycles. The van der Waals surface area contributed by atoms with Crippen LogP contribution in [-0.2, 0) is 6.42 Å². The van der Waals surface area contributed by atoms with Crippen LogP contribution in [0.25, 0.3) is 0 Å². The van der Waals surface area contributed by atoms with Gasteiger partial charge in [0.15, 0.2) is 0 Å². The first-order chi connectivity index (χ1) is 5.22. The van der Waals surface area contributed by atoms with Gasteiger partial charge in [0.2, 0.25) is 0 Å². The molecule has 0 radical (unpaired) electrons. The summed E-state index contributed by atoms with van der Waals surface area (Å²) in [5, 5.41) is 13.3. The Balaban J connectivity index is 2.50. The molecule has 0 bridgehead atoms. The lowest BCUT2D eigenvalue weighted by Gasteiger charge is -2.05. The van der Waals surface area contributed by atoms with Crippen LogP contribution in [0, 0.1) is 6.92 Å². The first kappa shape index (κ1) is 8.62. The lowest BCUT2D eigenvalue weighted by atomic mass is 10.2. The van der Waals surface area contributed by atoms with E-state index in [1.165, 1.54) is 0 Å². The molecule has 1 N–H and O–H groups in total. The van der Waals surface area contributed by atoms with Gasteiger partial charge in [-0.25, -0.2) is 0 Å². The average Bonchev–Trinajstić information content (AvgIpc) is 2.35. The molecule has 0 spiro atoms. The number of aromatic nitrogens is 2. The molecule has 3 nitrogen and oxygen atoms in total. The molecule has 1 heterocycles. The highest BCUT2D eigenvalue weighted by atomic mass is 32.1. The Morgan fingerprint density at radius 2 is 2.27 bits per heavy atom. The van der Waals surface area contributed by atoms with Crippen LogP contribution in [-0.4, -0.2) is 23.3 Å². The summed E-state index contributed by atoms with van der Waals surface area (Å²) in [6, 6.07) is 0.488. The second-order valence-electron chi connectivity index (χ2n) is 2.61. The van der Waals surface area contributed by atoms with Crippen molar-refractivity contribution in [3.05, 3.63) is 10.0 Å². The van der Waals surface area contributed by atoms with E-state index in [0.717, 1.165) is 16.4 Å². The summed E-state index contributed by atoms with van der Waals surface area (Å²) in [4.78, 5) is 0. The standard InChI is InChI=1S/C7H13N3S/c1-5(8-3)4-7-10-9-6(2)11-7/h5,8H,4H2,1-3H3. The van der Waals surface area contributed by atoms with Crippen molar-refractivity contribution in [2.75, 3.05) is 7.05 Å². The summed E-state index contributed by atoms with van der Waals surface area (Å²) in [6.45, 7) is 4.11. The molecule has 1 aromatic heterocycles. The van der Waals surface area contributed by atoms with Crippen LogP contribution in [0.15, 0.2) is 0 Å². The van der Waals surface area contributed by atoms with E-state index < -0.39 is 0 Å². The Morgan fingerprint density at radius 3 is 2.73 bits per heavy atom. The Hall–Kier alpha value is -0.480. The van der Waals surface area contributed by atoms with Gasteiger partial charge in [-0.1, -0.05) is 0 Å². The minimum Gasteiger partial charge on any atom is -0.317 e. The third kappa shape index (κ3) is 2.55. The molecule has 11 heavy (non-hydrogen) atoms. The third-order valence-corrected chi connectivity index (χ3v) is 2.40. The number of nitrogens with zero attached hydrogens (tertiary/aromatic N) is 2. The fraction of sp³-hybridized carbons (Fsp3) is 0.714. The fourth-order valence-electron chi connectivity index (χ4n) is 0.784. The molecule has 1 aromatic rings. The van der Waals surface area contributed by atoms with Crippen LogP contribution in [0.2, 0.25) is 0 Å². The predicted molar refractivity (Wildman–Crippen MR) is 46.9 cm³/mol. The number of hydrogen-bond acceptors (Lipinski definition) is 4. The van der Waals surface area contributed by atoms with Crippen LogP contribution in [0.5, 0.6) is 0 Å². The molecular formula is C7H13N3S. The minimum atomic E-state index is 0.488. The van der Waals surface area contributed by atoms with Gasteiger partial charge in [0, 0.05) is 12.5 Å². The smallest absolute Gasteiger partial charge is 0.118 e. The highest BCUT2D eigenvalue weighted by Crippen LogP contribution is 2.09. The largest absolute Gasteiger partial charge is 0.317 e. The number of hydrogen-bond donors (Lipinski definition) is 1. The van der Waals surface area contributed by atoms with Crippen LogP contribution in [0.1, 0.15) is 16.9 Å². The molecule has 0 aliphatic rings. The Bertz CT molecular complexity index is 221. The lowest BCUT2D eigenvalue weighted by molar-refractivity contribution is 0.604. The molecule has 0 saturated carbocycles. The first-order valence-electron chi connectivity index (χ1n) is 3.68. The molecule has 1 rings (SSSR count). The van der Waals surface area contributed by atoms with Gasteiger partial charge in [-0.05, 0) is 20.9 Å². The highest BCUT2D eigenvalue weighted by molar-refractivity contribution is 7.11. The van der Waals surface area contributed by atoms with Gasteiger partial charge in [-0.3, -0.25) is 0 Å². The topological polar surface area (TPSA) is 37.8 Å². The molecule has 0 aliphatic heterocycles. The summed E-state index contributed by atoms with van der Waals surface area (Å²) >= 11 is 1.67. The minimum absolute atomic E-state index is 0.488. The monoisotopic (exact) mass is 171 g/mol. The fourth-order valence-corrected chi connectivity index (χ4v) is 1.62. The van der Waals surface area contributed by atoms with Crippen LogP contribution < -0.4 is 5.32 Å². The maximum atomic E-state index is 4.03. The van der Waals surface area contributed by atoms with Gasteiger partial charge < -0.3 is 5.32 Å². The molecule has 0 saturated heterocycles. The molecule has 4 heteroatoms. The van der Waals surface area contributed by atoms with Crippen LogP contribution >= 0.6 is 11.3 Å². The van der Waals surface area contributed by atoms with E-state index in [1.54, 1.807) is 11.3 Å². The van der Waals surface area contributed by atoms with Crippen molar-refractivity contribution in [1.82, 2.24) is 15.5 Å². The third-order valence-electron chi connectivity index (χ3n) is 1.54. The van der Waals surface area contributed by atoms with Crippen LogP contribution in [0.3, 0.4) is 0 Å². The molecule has 1 atom stereocenters. The number of rotatable bonds is 3. The zero-order valence-electron chi connectivity index (χ0n) is 7.09. The van der Waals surface area contributed by atoms with Crippen LogP contribution in [0.4, 0.5) is 0 Å². The molecule has 0 aliphatic carbocycles. The quantitative estimate of drug-likeness (QED) is 0.737. The van der Waals surface area contributed by atoms with Gasteiger partial charge in [0.1, 0.15) is 10.0 Å². The van der Waals surface area contributed by atoms with Crippen molar-refractivity contribution in [2.24, 2.45) is 0 Å². The van der Waals surface area contributed by atoms with Gasteiger partial charge in [0.25, 0.3) is 0 Å². The van der Waals surface area contributed by atoms with E-state index in [4.69, 9.17) is 0 Å². The van der Waals surface area contributed by atoms with Crippen molar-refractivity contribution in [2.45, 2.75) is 26.3 Å². The zero-order valence-corrected chi connectivity index (χ0v) is 7.90. The first-order valence-corrected chi connectivity index (χ1v) is 4.50. The second kappa shape index (κ2) is 3.78. The normalized spacial score (nSPS) is 13.4. The Labute approximate surface area is 70.9 Å². The Morgan fingerprint density at radius 1 is 1.55 bits per heavy atom. The van der Waals surface area contributed by atoms with E-state index in [1.807, 2.05) is 14.0 Å². The number of likely N-dealkylation sites (N-methyl/N-ethyl adjacent to an activating group) is 1. The second-order valence-corrected chi connectivity index (χ2v) is 3.87. The maximum Gasteiger partial charge on any atom is 0.118 e.